The summed E-state index contributed by atoms with van der Waals surface area (Å²) in [5.41, 5.74) is 2.49. The van der Waals surface area contributed by atoms with E-state index in [1.165, 1.54) is 25.7 Å². The fraction of sp³-hybridized carbons (Fsp3) is 0.750. The molecular weight excluding hydrogens is 268 g/mol. The molecule has 0 radical (unpaired) electrons. The quantitative estimate of drug-likeness (QED) is 0.635. The highest BCUT2D eigenvalue weighted by Gasteiger charge is 2.33. The average Bonchev–Trinajstić information content (AvgIpc) is 3.29. The summed E-state index contributed by atoms with van der Waals surface area (Å²) < 4.78 is 0. The van der Waals surface area contributed by atoms with Gasteiger partial charge in [0.1, 0.15) is 0 Å². The lowest BCUT2D eigenvalue weighted by Gasteiger charge is -2.41. The van der Waals surface area contributed by atoms with Crippen molar-refractivity contribution in [2.75, 3.05) is 13.1 Å². The number of nitriles is 1. The second kappa shape index (κ2) is 6.90. The predicted molar refractivity (Wildman–Crippen MR) is 93.1 cm³/mol. The van der Waals surface area contributed by atoms with Crippen LogP contribution in [0.2, 0.25) is 0 Å². The Kier molecular flexibility index (Phi) is 5.37. The largest absolute Gasteiger partial charge is 0.375 e. The van der Waals surface area contributed by atoms with Crippen molar-refractivity contribution in [3.8, 4) is 6.07 Å². The molecule has 2 fully saturated rings. The van der Waals surface area contributed by atoms with Gasteiger partial charge in [0.25, 0.3) is 0 Å². The minimum Gasteiger partial charge on any atom is -0.375 e. The van der Waals surface area contributed by atoms with E-state index < -0.39 is 0 Å². The summed E-state index contributed by atoms with van der Waals surface area (Å²) in [5.74, 6) is 2.38. The van der Waals surface area contributed by atoms with Gasteiger partial charge in [-0.25, -0.2) is 0 Å². The van der Waals surface area contributed by atoms with E-state index in [2.05, 4.69) is 37.5 Å². The molecule has 1 aliphatic carbocycles. The van der Waals surface area contributed by atoms with Gasteiger partial charge in [-0.1, -0.05) is 25.2 Å². The Balaban J connectivity index is 2.00. The van der Waals surface area contributed by atoms with Gasteiger partial charge in [0.05, 0.1) is 11.5 Å². The van der Waals surface area contributed by atoms with E-state index in [0.717, 1.165) is 37.0 Å². The number of hydrogen-bond donors (Lipinski definition) is 0. The van der Waals surface area contributed by atoms with Crippen molar-refractivity contribution in [1.29, 1.82) is 5.26 Å². The van der Waals surface area contributed by atoms with E-state index >= 15 is 0 Å². The van der Waals surface area contributed by atoms with Crippen molar-refractivity contribution in [3.63, 3.8) is 0 Å². The molecule has 0 N–H and O–H groups in total. The van der Waals surface area contributed by atoms with Crippen LogP contribution in [0.5, 0.6) is 0 Å². The molecule has 1 saturated heterocycles. The molecule has 1 aliphatic heterocycles. The van der Waals surface area contributed by atoms with E-state index in [0.29, 0.717) is 5.92 Å². The number of allylic oxidation sites excluding steroid dienone is 2. The van der Waals surface area contributed by atoms with Gasteiger partial charge >= 0.3 is 0 Å². The molecule has 2 aliphatic rings. The van der Waals surface area contributed by atoms with Crippen molar-refractivity contribution in [3.05, 3.63) is 23.9 Å². The minimum atomic E-state index is -0.312. The molecule has 0 bridgehead atoms. The highest BCUT2D eigenvalue weighted by atomic mass is 15.1. The second-order valence-corrected chi connectivity index (χ2v) is 8.07. The zero-order chi connectivity index (χ0) is 16.3. The van der Waals surface area contributed by atoms with Gasteiger partial charge in [-0.05, 0) is 64.2 Å². The first-order chi connectivity index (χ1) is 10.4. The van der Waals surface area contributed by atoms with Crippen molar-refractivity contribution < 1.29 is 0 Å². The van der Waals surface area contributed by atoms with E-state index in [9.17, 15) is 5.26 Å². The molecule has 2 atom stereocenters. The monoisotopic (exact) mass is 300 g/mol. The molecule has 1 heterocycles. The van der Waals surface area contributed by atoms with Crippen LogP contribution in [0.15, 0.2) is 23.9 Å². The molecular formula is C20H32N2. The summed E-state index contributed by atoms with van der Waals surface area (Å²) >= 11 is 0. The van der Waals surface area contributed by atoms with Gasteiger partial charge in [-0.2, -0.15) is 5.26 Å². The van der Waals surface area contributed by atoms with E-state index in [4.69, 9.17) is 0 Å². The maximum Gasteiger partial charge on any atom is 0.0687 e. The summed E-state index contributed by atoms with van der Waals surface area (Å²) in [6, 6.07) is 2.40. The summed E-state index contributed by atoms with van der Waals surface area (Å²) in [4.78, 5) is 2.44. The van der Waals surface area contributed by atoms with Crippen LogP contribution < -0.4 is 0 Å². The lowest BCUT2D eigenvalue weighted by atomic mass is 9.79. The predicted octanol–water partition coefficient (Wildman–Crippen LogP) is 5.14. The maximum atomic E-state index is 9.25. The van der Waals surface area contributed by atoms with Crippen LogP contribution in [0, 0.1) is 34.5 Å². The Morgan fingerprint density at radius 2 is 2.05 bits per heavy atom. The molecule has 2 rings (SSSR count). The molecule has 0 aromatic carbocycles. The van der Waals surface area contributed by atoms with Crippen LogP contribution in [0.1, 0.15) is 59.8 Å². The van der Waals surface area contributed by atoms with Crippen LogP contribution in [0.3, 0.4) is 0 Å². The first-order valence-electron chi connectivity index (χ1n) is 8.85. The second-order valence-electron chi connectivity index (χ2n) is 8.07. The van der Waals surface area contributed by atoms with Crippen molar-refractivity contribution in [2.45, 2.75) is 59.8 Å². The zero-order valence-corrected chi connectivity index (χ0v) is 14.9. The highest BCUT2D eigenvalue weighted by Crippen LogP contribution is 2.41. The molecule has 122 valence electrons. The Hall–Kier alpha value is -1.23. The number of nitrogens with zero attached hydrogens (tertiary/aromatic N) is 2. The van der Waals surface area contributed by atoms with Crippen LogP contribution in [-0.2, 0) is 0 Å². The third-order valence-corrected chi connectivity index (χ3v) is 5.42. The van der Waals surface area contributed by atoms with Crippen LogP contribution in [0.25, 0.3) is 0 Å². The number of rotatable bonds is 6. The van der Waals surface area contributed by atoms with Gasteiger partial charge in [0, 0.05) is 25.2 Å². The molecule has 0 aromatic heterocycles. The Morgan fingerprint density at radius 1 is 1.36 bits per heavy atom. The van der Waals surface area contributed by atoms with Gasteiger partial charge in [0.15, 0.2) is 0 Å². The topological polar surface area (TPSA) is 27.0 Å². The number of piperidine rings is 1. The maximum absolute atomic E-state index is 9.25. The first kappa shape index (κ1) is 17.1. The van der Waals surface area contributed by atoms with Gasteiger partial charge in [-0.3, -0.25) is 0 Å². The third kappa shape index (κ3) is 4.38. The molecule has 2 nitrogen and oxygen atoms in total. The lowest BCUT2D eigenvalue weighted by molar-refractivity contribution is 0.169. The molecule has 0 aromatic rings. The number of likely N-dealkylation sites (tertiary alicyclic amines) is 1. The Bertz CT molecular complexity index is 476. The fourth-order valence-electron chi connectivity index (χ4n) is 3.64. The van der Waals surface area contributed by atoms with Crippen LogP contribution in [0.4, 0.5) is 0 Å². The van der Waals surface area contributed by atoms with Gasteiger partial charge in [0.2, 0.25) is 0 Å². The molecule has 1 unspecified atom stereocenters. The number of hydrogen-bond acceptors (Lipinski definition) is 2. The van der Waals surface area contributed by atoms with Gasteiger partial charge in [-0.15, -0.1) is 0 Å². The smallest absolute Gasteiger partial charge is 0.0687 e. The van der Waals surface area contributed by atoms with Crippen molar-refractivity contribution in [1.82, 2.24) is 4.90 Å². The summed E-state index contributed by atoms with van der Waals surface area (Å²) in [6.45, 7) is 15.1. The van der Waals surface area contributed by atoms with Crippen LogP contribution >= 0.6 is 0 Å². The fourth-order valence-corrected chi connectivity index (χ4v) is 3.64. The van der Waals surface area contributed by atoms with Crippen molar-refractivity contribution in [2.24, 2.45) is 23.2 Å². The zero-order valence-electron chi connectivity index (χ0n) is 14.9. The molecule has 1 saturated carbocycles. The molecule has 2 heteroatoms. The Labute approximate surface area is 136 Å². The Morgan fingerprint density at radius 3 is 2.59 bits per heavy atom. The highest BCUT2D eigenvalue weighted by molar-refractivity contribution is 5.14. The normalized spacial score (nSPS) is 26.7. The first-order valence-corrected chi connectivity index (χ1v) is 8.85. The molecule has 0 amide bonds. The van der Waals surface area contributed by atoms with E-state index in [-0.39, 0.29) is 5.41 Å². The van der Waals surface area contributed by atoms with Gasteiger partial charge < -0.3 is 4.90 Å². The summed E-state index contributed by atoms with van der Waals surface area (Å²) in [7, 11) is 0. The van der Waals surface area contributed by atoms with E-state index in [1.54, 1.807) is 5.57 Å². The molecule has 22 heavy (non-hydrogen) atoms. The summed E-state index contributed by atoms with van der Waals surface area (Å²) in [5, 5.41) is 9.25. The minimum absolute atomic E-state index is 0.312. The average molecular weight is 300 g/mol. The van der Waals surface area contributed by atoms with Crippen LogP contribution in [-0.4, -0.2) is 18.0 Å². The standard InChI is InChI=1S/C20H32N2/c1-6-18(11-17-7-8-17)19-13-22(10-9-15(19)2)16(3)12-20(4,5)14-21/h6,15,17,19H,3,7-13H2,1-2,4-5H3/b18-6-/t15?,19-/m0/s1. The molecule has 0 spiro atoms. The summed E-state index contributed by atoms with van der Waals surface area (Å²) in [6.07, 6.45) is 8.52. The SMILES string of the molecule is C=C(CC(C)(C)C#N)N1CCC(C)[C@@H](/C(=C\C)CC2CC2)C1. The lowest BCUT2D eigenvalue weighted by Crippen LogP contribution is -2.40. The van der Waals surface area contributed by atoms with Crippen molar-refractivity contribution >= 4 is 0 Å². The van der Waals surface area contributed by atoms with E-state index in [1.807, 2.05) is 13.8 Å². The third-order valence-electron chi connectivity index (χ3n) is 5.42.